The smallest absolute Gasteiger partial charge is 0.310 e. The Balaban J connectivity index is 2.06. The van der Waals surface area contributed by atoms with Crippen LogP contribution in [0.15, 0.2) is 60.7 Å². The van der Waals surface area contributed by atoms with E-state index in [2.05, 4.69) is 0 Å². The number of rotatable bonds is 7. The van der Waals surface area contributed by atoms with Crippen molar-refractivity contribution in [1.29, 1.82) is 0 Å². The molecule has 0 aliphatic heterocycles. The molecule has 2 N–H and O–H groups in total. The standard InChI is InChI=1S/C18H20O3/c19-13-16(14-7-3-1-4-8-14)11-12-17(18(20)21)15-9-5-2-6-10-15/h1-10,16-17,19H,11-13H2,(H,20,21). The van der Waals surface area contributed by atoms with Crippen LogP contribution in [-0.2, 0) is 4.79 Å². The summed E-state index contributed by atoms with van der Waals surface area (Å²) in [6, 6.07) is 19.0. The zero-order valence-electron chi connectivity index (χ0n) is 11.9. The second-order valence-corrected chi connectivity index (χ2v) is 5.17. The Bertz CT molecular complexity index is 551. The van der Waals surface area contributed by atoms with Crippen LogP contribution >= 0.6 is 0 Å². The van der Waals surface area contributed by atoms with Crippen molar-refractivity contribution >= 4 is 5.97 Å². The molecule has 2 aromatic rings. The number of aliphatic carboxylic acids is 1. The van der Waals surface area contributed by atoms with Crippen molar-refractivity contribution < 1.29 is 15.0 Å². The number of carbonyl (C=O) groups is 1. The number of carboxylic acids is 1. The number of aliphatic hydroxyl groups excluding tert-OH is 1. The van der Waals surface area contributed by atoms with Crippen molar-refractivity contribution in [1.82, 2.24) is 0 Å². The minimum atomic E-state index is -0.814. The maximum absolute atomic E-state index is 11.5. The summed E-state index contributed by atoms with van der Waals surface area (Å²) in [5.74, 6) is -1.35. The second kappa shape index (κ2) is 7.60. The van der Waals surface area contributed by atoms with Gasteiger partial charge in [0.15, 0.2) is 0 Å². The SMILES string of the molecule is O=C(O)C(CCC(CO)c1ccccc1)c1ccccc1. The monoisotopic (exact) mass is 284 g/mol. The Hall–Kier alpha value is -2.13. The molecule has 2 aromatic carbocycles. The van der Waals surface area contributed by atoms with E-state index in [4.69, 9.17) is 0 Å². The summed E-state index contributed by atoms with van der Waals surface area (Å²) in [5, 5.41) is 19.0. The number of carboxylic acid groups (broad SMARTS) is 1. The van der Waals surface area contributed by atoms with Crippen LogP contribution in [-0.4, -0.2) is 22.8 Å². The van der Waals surface area contributed by atoms with E-state index in [9.17, 15) is 15.0 Å². The molecule has 3 nitrogen and oxygen atoms in total. The van der Waals surface area contributed by atoms with Crippen LogP contribution < -0.4 is 0 Å². The lowest BCUT2D eigenvalue weighted by molar-refractivity contribution is -0.139. The molecule has 0 radical (unpaired) electrons. The number of hydrogen-bond donors (Lipinski definition) is 2. The fourth-order valence-electron chi connectivity index (χ4n) is 2.57. The molecule has 0 fully saturated rings. The molecule has 0 heterocycles. The zero-order valence-corrected chi connectivity index (χ0v) is 11.9. The summed E-state index contributed by atoms with van der Waals surface area (Å²) in [6.07, 6.45) is 1.16. The molecule has 0 aromatic heterocycles. The molecule has 2 atom stereocenters. The molecule has 21 heavy (non-hydrogen) atoms. The van der Waals surface area contributed by atoms with Gasteiger partial charge in [-0.25, -0.2) is 0 Å². The predicted octanol–water partition coefficient (Wildman–Crippen LogP) is 3.41. The molecule has 0 saturated carbocycles. The third-order valence-electron chi connectivity index (χ3n) is 3.80. The van der Waals surface area contributed by atoms with Gasteiger partial charge in [0.25, 0.3) is 0 Å². The molecule has 0 aliphatic carbocycles. The van der Waals surface area contributed by atoms with Gasteiger partial charge in [0, 0.05) is 12.5 Å². The quantitative estimate of drug-likeness (QED) is 0.819. The first-order valence-electron chi connectivity index (χ1n) is 7.16. The molecule has 0 aliphatic rings. The van der Waals surface area contributed by atoms with Gasteiger partial charge >= 0.3 is 5.97 Å². The van der Waals surface area contributed by atoms with Gasteiger partial charge < -0.3 is 10.2 Å². The Labute approximate surface area is 124 Å². The van der Waals surface area contributed by atoms with Gasteiger partial charge in [0.2, 0.25) is 0 Å². The highest BCUT2D eigenvalue weighted by molar-refractivity contribution is 5.76. The third kappa shape index (κ3) is 4.17. The number of hydrogen-bond acceptors (Lipinski definition) is 2. The lowest BCUT2D eigenvalue weighted by Crippen LogP contribution is -2.14. The molecule has 3 heteroatoms. The van der Waals surface area contributed by atoms with Gasteiger partial charge in [-0.3, -0.25) is 4.79 Å². The summed E-state index contributed by atoms with van der Waals surface area (Å²) in [5.41, 5.74) is 1.87. The largest absolute Gasteiger partial charge is 0.481 e. The number of benzene rings is 2. The van der Waals surface area contributed by atoms with E-state index in [0.29, 0.717) is 12.8 Å². The first-order chi connectivity index (χ1) is 10.2. The fraction of sp³-hybridized carbons (Fsp3) is 0.278. The highest BCUT2D eigenvalue weighted by Gasteiger charge is 2.21. The molecule has 0 amide bonds. The number of aliphatic hydroxyl groups is 1. The molecule has 2 rings (SSSR count). The molecule has 0 bridgehead atoms. The summed E-state index contributed by atoms with van der Waals surface area (Å²) in [6.45, 7) is 0.0329. The third-order valence-corrected chi connectivity index (χ3v) is 3.80. The summed E-state index contributed by atoms with van der Waals surface area (Å²) in [4.78, 5) is 11.5. The van der Waals surface area contributed by atoms with Crippen LogP contribution in [0.25, 0.3) is 0 Å². The molecule has 110 valence electrons. The Kier molecular flexibility index (Phi) is 5.52. The molecule has 0 spiro atoms. The van der Waals surface area contributed by atoms with Crippen molar-refractivity contribution in [3.63, 3.8) is 0 Å². The molecular weight excluding hydrogens is 264 g/mol. The van der Waals surface area contributed by atoms with Gasteiger partial charge in [0.1, 0.15) is 0 Å². The van der Waals surface area contributed by atoms with E-state index in [-0.39, 0.29) is 12.5 Å². The zero-order chi connectivity index (χ0) is 15.1. The van der Waals surface area contributed by atoms with E-state index in [1.165, 1.54) is 0 Å². The average Bonchev–Trinajstić information content (AvgIpc) is 2.53. The molecule has 2 unspecified atom stereocenters. The van der Waals surface area contributed by atoms with Crippen LogP contribution in [0.4, 0.5) is 0 Å². The van der Waals surface area contributed by atoms with Gasteiger partial charge in [-0.05, 0) is 24.0 Å². The van der Waals surface area contributed by atoms with E-state index in [1.54, 1.807) is 0 Å². The van der Waals surface area contributed by atoms with E-state index >= 15 is 0 Å². The minimum Gasteiger partial charge on any atom is -0.481 e. The lowest BCUT2D eigenvalue weighted by Gasteiger charge is -2.18. The highest BCUT2D eigenvalue weighted by Crippen LogP contribution is 2.28. The van der Waals surface area contributed by atoms with Gasteiger partial charge in [-0.15, -0.1) is 0 Å². The van der Waals surface area contributed by atoms with Crippen molar-refractivity contribution in [3.05, 3.63) is 71.8 Å². The van der Waals surface area contributed by atoms with Crippen LogP contribution in [0, 0.1) is 0 Å². The molecular formula is C18H20O3. The maximum atomic E-state index is 11.5. The van der Waals surface area contributed by atoms with Crippen molar-refractivity contribution in [2.45, 2.75) is 24.7 Å². The maximum Gasteiger partial charge on any atom is 0.310 e. The molecule has 0 saturated heterocycles. The second-order valence-electron chi connectivity index (χ2n) is 5.17. The Morgan fingerprint density at radius 1 is 0.857 bits per heavy atom. The Morgan fingerprint density at radius 2 is 1.38 bits per heavy atom. The van der Waals surface area contributed by atoms with Crippen molar-refractivity contribution in [3.8, 4) is 0 Å². The normalized spacial score (nSPS) is 13.6. The first-order valence-corrected chi connectivity index (χ1v) is 7.16. The van der Waals surface area contributed by atoms with E-state index < -0.39 is 11.9 Å². The van der Waals surface area contributed by atoms with Crippen LogP contribution in [0.3, 0.4) is 0 Å². The first kappa shape index (κ1) is 15.3. The summed E-state index contributed by atoms with van der Waals surface area (Å²) >= 11 is 0. The minimum absolute atomic E-state index is 0.0169. The predicted molar refractivity (Wildman–Crippen MR) is 82.3 cm³/mol. The van der Waals surface area contributed by atoms with E-state index in [0.717, 1.165) is 11.1 Å². The van der Waals surface area contributed by atoms with Crippen molar-refractivity contribution in [2.24, 2.45) is 0 Å². The van der Waals surface area contributed by atoms with Gasteiger partial charge in [-0.2, -0.15) is 0 Å². The fourth-order valence-corrected chi connectivity index (χ4v) is 2.57. The average molecular weight is 284 g/mol. The van der Waals surface area contributed by atoms with Crippen LogP contribution in [0.5, 0.6) is 0 Å². The van der Waals surface area contributed by atoms with Crippen LogP contribution in [0.1, 0.15) is 35.8 Å². The topological polar surface area (TPSA) is 57.5 Å². The van der Waals surface area contributed by atoms with Crippen molar-refractivity contribution in [2.75, 3.05) is 6.61 Å². The van der Waals surface area contributed by atoms with Gasteiger partial charge in [0.05, 0.1) is 5.92 Å². The Morgan fingerprint density at radius 3 is 1.86 bits per heavy atom. The van der Waals surface area contributed by atoms with Gasteiger partial charge in [-0.1, -0.05) is 60.7 Å². The summed E-state index contributed by atoms with van der Waals surface area (Å²) in [7, 11) is 0. The van der Waals surface area contributed by atoms with E-state index in [1.807, 2.05) is 60.7 Å². The summed E-state index contributed by atoms with van der Waals surface area (Å²) < 4.78 is 0. The highest BCUT2D eigenvalue weighted by atomic mass is 16.4. The lowest BCUT2D eigenvalue weighted by atomic mass is 9.88. The van der Waals surface area contributed by atoms with Crippen LogP contribution in [0.2, 0.25) is 0 Å².